The molecule has 0 amide bonds. The van der Waals surface area contributed by atoms with Gasteiger partial charge in [-0.2, -0.15) is 0 Å². The fraction of sp³-hybridized carbons (Fsp3) is 0.455. The standard InChI is InChI=1S/C11H14N4O2S2/c1-7-5-18-9(12-7)3-4-15-8(2)13-14-11(15)19-6-10(16)17/h5H,3-4,6H2,1-2H3,(H,16,17). The Morgan fingerprint density at radius 1 is 1.47 bits per heavy atom. The number of carboxylic acids is 1. The highest BCUT2D eigenvalue weighted by Crippen LogP contribution is 2.18. The van der Waals surface area contributed by atoms with Crippen LogP contribution in [0.25, 0.3) is 0 Å². The molecule has 0 aliphatic rings. The summed E-state index contributed by atoms with van der Waals surface area (Å²) in [4.78, 5) is 15.0. The first-order valence-electron chi connectivity index (χ1n) is 5.71. The lowest BCUT2D eigenvalue weighted by molar-refractivity contribution is -0.133. The second-order valence-corrected chi connectivity index (χ2v) is 5.88. The van der Waals surface area contributed by atoms with Crippen molar-refractivity contribution in [3.8, 4) is 0 Å². The van der Waals surface area contributed by atoms with E-state index in [0.29, 0.717) is 11.7 Å². The summed E-state index contributed by atoms with van der Waals surface area (Å²) in [6.07, 6.45) is 0.804. The van der Waals surface area contributed by atoms with Gasteiger partial charge < -0.3 is 9.67 Å². The summed E-state index contributed by atoms with van der Waals surface area (Å²) in [7, 11) is 0. The van der Waals surface area contributed by atoms with Gasteiger partial charge in [0.1, 0.15) is 5.82 Å². The molecular weight excluding hydrogens is 284 g/mol. The zero-order chi connectivity index (χ0) is 13.8. The molecule has 2 rings (SSSR count). The fourth-order valence-electron chi connectivity index (χ4n) is 1.58. The first kappa shape index (κ1) is 14.0. The molecule has 0 aromatic carbocycles. The second kappa shape index (κ2) is 6.16. The molecule has 19 heavy (non-hydrogen) atoms. The molecule has 2 aromatic rings. The quantitative estimate of drug-likeness (QED) is 0.819. The summed E-state index contributed by atoms with van der Waals surface area (Å²) in [5.74, 6) is -0.0666. The van der Waals surface area contributed by atoms with Crippen LogP contribution in [0.2, 0.25) is 0 Å². The lowest BCUT2D eigenvalue weighted by Crippen LogP contribution is -2.07. The molecule has 0 fully saturated rings. The van der Waals surface area contributed by atoms with Crippen LogP contribution in [0.5, 0.6) is 0 Å². The van der Waals surface area contributed by atoms with Crippen LogP contribution >= 0.6 is 23.1 Å². The van der Waals surface area contributed by atoms with Crippen LogP contribution in [-0.4, -0.2) is 36.6 Å². The maximum absolute atomic E-state index is 10.6. The van der Waals surface area contributed by atoms with E-state index in [2.05, 4.69) is 15.2 Å². The number of aromatic nitrogens is 4. The Kier molecular flexibility index (Phi) is 4.54. The Labute approximate surface area is 118 Å². The van der Waals surface area contributed by atoms with Crippen molar-refractivity contribution in [2.45, 2.75) is 32.0 Å². The van der Waals surface area contributed by atoms with Crippen molar-refractivity contribution >= 4 is 29.1 Å². The van der Waals surface area contributed by atoms with E-state index in [4.69, 9.17) is 5.11 Å². The smallest absolute Gasteiger partial charge is 0.313 e. The largest absolute Gasteiger partial charge is 0.481 e. The van der Waals surface area contributed by atoms with E-state index in [1.807, 2.05) is 23.8 Å². The highest BCUT2D eigenvalue weighted by molar-refractivity contribution is 7.99. The fourth-order valence-corrected chi connectivity index (χ4v) is 3.07. The van der Waals surface area contributed by atoms with Crippen LogP contribution in [0.3, 0.4) is 0 Å². The van der Waals surface area contributed by atoms with Gasteiger partial charge in [-0.05, 0) is 13.8 Å². The number of rotatable bonds is 6. The first-order chi connectivity index (χ1) is 9.06. The SMILES string of the molecule is Cc1csc(CCn2c(C)nnc2SCC(=O)O)n1. The van der Waals surface area contributed by atoms with Gasteiger partial charge in [-0.3, -0.25) is 4.79 Å². The topological polar surface area (TPSA) is 80.9 Å². The van der Waals surface area contributed by atoms with Crippen LogP contribution in [0.15, 0.2) is 10.5 Å². The maximum Gasteiger partial charge on any atom is 0.313 e. The number of aliphatic carboxylic acids is 1. The van der Waals surface area contributed by atoms with Gasteiger partial charge in [0.05, 0.1) is 10.8 Å². The molecule has 0 radical (unpaired) electrons. The Morgan fingerprint density at radius 2 is 2.26 bits per heavy atom. The summed E-state index contributed by atoms with van der Waals surface area (Å²) < 4.78 is 1.93. The van der Waals surface area contributed by atoms with Crippen molar-refractivity contribution in [3.05, 3.63) is 21.9 Å². The summed E-state index contributed by atoms with van der Waals surface area (Å²) in [5, 5.41) is 20.4. The van der Waals surface area contributed by atoms with E-state index < -0.39 is 5.97 Å². The summed E-state index contributed by atoms with van der Waals surface area (Å²) >= 11 is 2.82. The molecule has 102 valence electrons. The predicted molar refractivity (Wildman–Crippen MR) is 73.7 cm³/mol. The van der Waals surface area contributed by atoms with E-state index >= 15 is 0 Å². The minimum Gasteiger partial charge on any atom is -0.481 e. The molecule has 8 heteroatoms. The van der Waals surface area contributed by atoms with Crippen molar-refractivity contribution in [1.29, 1.82) is 0 Å². The van der Waals surface area contributed by atoms with E-state index in [1.54, 1.807) is 11.3 Å². The van der Waals surface area contributed by atoms with Crippen LogP contribution < -0.4 is 0 Å². The summed E-state index contributed by atoms with van der Waals surface area (Å²) in [5.41, 5.74) is 1.03. The van der Waals surface area contributed by atoms with E-state index in [0.717, 1.165) is 22.9 Å². The monoisotopic (exact) mass is 298 g/mol. The zero-order valence-electron chi connectivity index (χ0n) is 10.7. The molecule has 2 heterocycles. The minimum atomic E-state index is -0.854. The highest BCUT2D eigenvalue weighted by Gasteiger charge is 2.11. The van der Waals surface area contributed by atoms with E-state index in [9.17, 15) is 4.79 Å². The Morgan fingerprint density at radius 3 is 2.89 bits per heavy atom. The normalized spacial score (nSPS) is 10.8. The van der Waals surface area contributed by atoms with Gasteiger partial charge in [0.15, 0.2) is 5.16 Å². The third-order valence-corrected chi connectivity index (χ3v) is 4.42. The molecule has 1 N–H and O–H groups in total. The van der Waals surface area contributed by atoms with Gasteiger partial charge in [0, 0.05) is 24.0 Å². The van der Waals surface area contributed by atoms with Crippen molar-refractivity contribution in [3.63, 3.8) is 0 Å². The molecule has 0 unspecified atom stereocenters. The molecule has 0 atom stereocenters. The van der Waals surface area contributed by atoms with Gasteiger partial charge >= 0.3 is 5.97 Å². The van der Waals surface area contributed by atoms with Crippen molar-refractivity contribution < 1.29 is 9.90 Å². The van der Waals surface area contributed by atoms with Crippen LogP contribution in [0.4, 0.5) is 0 Å². The molecule has 0 saturated carbocycles. The van der Waals surface area contributed by atoms with Crippen molar-refractivity contribution in [2.24, 2.45) is 0 Å². The predicted octanol–water partition coefficient (Wildman–Crippen LogP) is 1.77. The second-order valence-electron chi connectivity index (χ2n) is 4.00. The molecule has 0 saturated heterocycles. The third kappa shape index (κ3) is 3.77. The Hall–Kier alpha value is -1.41. The molecule has 0 bridgehead atoms. The molecular formula is C11H14N4O2S2. The zero-order valence-corrected chi connectivity index (χ0v) is 12.3. The number of carbonyl (C=O) groups is 1. The number of thioether (sulfide) groups is 1. The molecule has 2 aromatic heterocycles. The minimum absolute atomic E-state index is 0.00546. The summed E-state index contributed by atoms with van der Waals surface area (Å²) in [6, 6.07) is 0. The Balaban J connectivity index is 2.02. The van der Waals surface area contributed by atoms with Gasteiger partial charge in [-0.1, -0.05) is 11.8 Å². The Bertz CT molecular complexity index is 579. The molecule has 0 spiro atoms. The van der Waals surface area contributed by atoms with Crippen LogP contribution in [0, 0.1) is 13.8 Å². The van der Waals surface area contributed by atoms with Gasteiger partial charge in [-0.15, -0.1) is 21.5 Å². The number of carboxylic acid groups (broad SMARTS) is 1. The molecule has 0 aliphatic carbocycles. The summed E-state index contributed by atoms with van der Waals surface area (Å²) in [6.45, 7) is 4.55. The number of aryl methyl sites for hydroxylation is 3. The van der Waals surface area contributed by atoms with Gasteiger partial charge in [0.25, 0.3) is 0 Å². The number of hydrogen-bond acceptors (Lipinski definition) is 6. The third-order valence-electron chi connectivity index (χ3n) is 2.44. The van der Waals surface area contributed by atoms with Gasteiger partial charge in [-0.25, -0.2) is 4.98 Å². The highest BCUT2D eigenvalue weighted by atomic mass is 32.2. The lowest BCUT2D eigenvalue weighted by atomic mass is 10.4. The van der Waals surface area contributed by atoms with Crippen LogP contribution in [-0.2, 0) is 17.8 Å². The lowest BCUT2D eigenvalue weighted by Gasteiger charge is -2.06. The molecule has 0 aliphatic heterocycles. The number of hydrogen-bond donors (Lipinski definition) is 1. The van der Waals surface area contributed by atoms with E-state index in [1.165, 1.54) is 11.8 Å². The number of thiazole rings is 1. The molecule has 6 nitrogen and oxygen atoms in total. The average molecular weight is 298 g/mol. The average Bonchev–Trinajstić information content (AvgIpc) is 2.91. The van der Waals surface area contributed by atoms with Crippen molar-refractivity contribution in [2.75, 3.05) is 5.75 Å². The van der Waals surface area contributed by atoms with E-state index in [-0.39, 0.29) is 5.75 Å². The van der Waals surface area contributed by atoms with Gasteiger partial charge in [0.2, 0.25) is 0 Å². The van der Waals surface area contributed by atoms with Crippen molar-refractivity contribution in [1.82, 2.24) is 19.7 Å². The van der Waals surface area contributed by atoms with Crippen LogP contribution in [0.1, 0.15) is 16.5 Å². The maximum atomic E-state index is 10.6. The number of nitrogens with zero attached hydrogens (tertiary/aromatic N) is 4. The first-order valence-corrected chi connectivity index (χ1v) is 7.58.